The SMILES string of the molecule is Cc1nn(-c2ccccc2)nc1C(=O)N[C@H]1CCN2CCCC[C@@H]12. The zero-order valence-corrected chi connectivity index (χ0v) is 14.0. The Labute approximate surface area is 141 Å². The number of amides is 1. The van der Waals surface area contributed by atoms with E-state index in [0.717, 1.165) is 18.7 Å². The van der Waals surface area contributed by atoms with Crippen molar-refractivity contribution in [2.24, 2.45) is 0 Å². The van der Waals surface area contributed by atoms with Crippen LogP contribution in [0.1, 0.15) is 41.9 Å². The van der Waals surface area contributed by atoms with E-state index >= 15 is 0 Å². The van der Waals surface area contributed by atoms with Crippen LogP contribution in [0, 0.1) is 6.92 Å². The quantitative estimate of drug-likeness (QED) is 0.937. The number of carbonyl (C=O) groups is 1. The molecule has 2 aliphatic heterocycles. The third kappa shape index (κ3) is 2.82. The smallest absolute Gasteiger partial charge is 0.274 e. The summed E-state index contributed by atoms with van der Waals surface area (Å²) in [5.74, 6) is -0.105. The molecule has 0 spiro atoms. The minimum Gasteiger partial charge on any atom is -0.346 e. The predicted molar refractivity (Wildman–Crippen MR) is 91.2 cm³/mol. The van der Waals surface area contributed by atoms with Crippen LogP contribution < -0.4 is 5.32 Å². The van der Waals surface area contributed by atoms with Gasteiger partial charge in [0.1, 0.15) is 0 Å². The predicted octanol–water partition coefficient (Wildman–Crippen LogP) is 1.93. The summed E-state index contributed by atoms with van der Waals surface area (Å²) in [4.78, 5) is 16.7. The topological polar surface area (TPSA) is 63.1 Å². The van der Waals surface area contributed by atoms with Crippen LogP contribution in [0.4, 0.5) is 0 Å². The second-order valence-electron chi connectivity index (χ2n) is 6.73. The molecule has 3 heterocycles. The summed E-state index contributed by atoms with van der Waals surface area (Å²) in [5.41, 5.74) is 1.95. The number of aryl methyl sites for hydroxylation is 1. The van der Waals surface area contributed by atoms with Gasteiger partial charge in [0.15, 0.2) is 5.69 Å². The van der Waals surface area contributed by atoms with Crippen molar-refractivity contribution in [3.63, 3.8) is 0 Å². The molecule has 2 aromatic rings. The maximum Gasteiger partial charge on any atom is 0.274 e. The fourth-order valence-electron chi connectivity index (χ4n) is 3.92. The van der Waals surface area contributed by atoms with Crippen molar-refractivity contribution in [3.05, 3.63) is 41.7 Å². The fourth-order valence-corrected chi connectivity index (χ4v) is 3.92. The maximum atomic E-state index is 12.7. The number of aromatic nitrogens is 3. The average Bonchev–Trinajstić information content (AvgIpc) is 3.20. The van der Waals surface area contributed by atoms with E-state index in [2.05, 4.69) is 20.4 Å². The number of carbonyl (C=O) groups excluding carboxylic acids is 1. The van der Waals surface area contributed by atoms with Crippen LogP contribution in [-0.4, -0.2) is 51.0 Å². The molecular formula is C18H23N5O. The zero-order chi connectivity index (χ0) is 16.5. The standard InChI is InChI=1S/C18H23N5O/c1-13-17(21-23(20-13)14-7-3-2-4-8-14)18(24)19-15-10-12-22-11-6-5-9-16(15)22/h2-4,7-8,15-16H,5-6,9-12H2,1H3,(H,19,24)/t15-,16-/m0/s1. The summed E-state index contributed by atoms with van der Waals surface area (Å²) in [6.07, 6.45) is 4.75. The molecule has 0 aliphatic carbocycles. The maximum absolute atomic E-state index is 12.7. The molecule has 126 valence electrons. The highest BCUT2D eigenvalue weighted by atomic mass is 16.2. The van der Waals surface area contributed by atoms with Crippen LogP contribution in [-0.2, 0) is 0 Å². The molecule has 0 bridgehead atoms. The van der Waals surface area contributed by atoms with Gasteiger partial charge in [-0.1, -0.05) is 24.6 Å². The van der Waals surface area contributed by atoms with Gasteiger partial charge in [0.05, 0.1) is 11.4 Å². The highest BCUT2D eigenvalue weighted by Gasteiger charge is 2.36. The van der Waals surface area contributed by atoms with E-state index in [1.165, 1.54) is 30.6 Å². The largest absolute Gasteiger partial charge is 0.346 e. The zero-order valence-electron chi connectivity index (χ0n) is 14.0. The normalized spacial score (nSPS) is 23.9. The first-order valence-corrected chi connectivity index (χ1v) is 8.76. The first-order chi connectivity index (χ1) is 11.7. The molecule has 0 saturated carbocycles. The number of hydrogen-bond donors (Lipinski definition) is 1. The van der Waals surface area contributed by atoms with E-state index in [0.29, 0.717) is 17.4 Å². The average molecular weight is 325 g/mol. The second kappa shape index (κ2) is 6.36. The lowest BCUT2D eigenvalue weighted by Gasteiger charge is -2.32. The minimum atomic E-state index is -0.105. The van der Waals surface area contributed by atoms with Crippen molar-refractivity contribution in [1.82, 2.24) is 25.2 Å². The van der Waals surface area contributed by atoms with Crippen molar-refractivity contribution < 1.29 is 4.79 Å². The summed E-state index contributed by atoms with van der Waals surface area (Å²) >= 11 is 0. The van der Waals surface area contributed by atoms with Crippen LogP contribution in [0.25, 0.3) is 5.69 Å². The number of hydrogen-bond acceptors (Lipinski definition) is 4. The first kappa shape index (κ1) is 15.3. The highest BCUT2D eigenvalue weighted by Crippen LogP contribution is 2.27. The Morgan fingerprint density at radius 3 is 2.79 bits per heavy atom. The number of nitrogens with zero attached hydrogens (tertiary/aromatic N) is 4. The van der Waals surface area contributed by atoms with Crippen molar-refractivity contribution in [3.8, 4) is 5.69 Å². The molecule has 6 nitrogen and oxygen atoms in total. The molecule has 24 heavy (non-hydrogen) atoms. The summed E-state index contributed by atoms with van der Waals surface area (Å²) in [6, 6.07) is 10.4. The van der Waals surface area contributed by atoms with Gasteiger partial charge in [0, 0.05) is 18.6 Å². The molecule has 2 aliphatic rings. The number of nitrogens with one attached hydrogen (secondary N) is 1. The molecule has 0 unspecified atom stereocenters. The van der Waals surface area contributed by atoms with E-state index in [1.54, 1.807) is 0 Å². The minimum absolute atomic E-state index is 0.105. The Morgan fingerprint density at radius 2 is 1.96 bits per heavy atom. The van der Waals surface area contributed by atoms with Crippen LogP contribution in [0.2, 0.25) is 0 Å². The molecule has 4 rings (SSSR count). The van der Waals surface area contributed by atoms with E-state index in [-0.39, 0.29) is 11.9 Å². The van der Waals surface area contributed by atoms with Gasteiger partial charge in [-0.15, -0.1) is 5.10 Å². The van der Waals surface area contributed by atoms with Crippen LogP contribution >= 0.6 is 0 Å². The van der Waals surface area contributed by atoms with Gasteiger partial charge in [-0.05, 0) is 44.9 Å². The fraction of sp³-hybridized carbons (Fsp3) is 0.500. The molecule has 1 aromatic carbocycles. The van der Waals surface area contributed by atoms with Gasteiger partial charge in [0.2, 0.25) is 0 Å². The number of piperidine rings is 1. The Bertz CT molecular complexity index is 726. The summed E-state index contributed by atoms with van der Waals surface area (Å²) < 4.78 is 0. The van der Waals surface area contributed by atoms with E-state index in [1.807, 2.05) is 37.3 Å². The van der Waals surface area contributed by atoms with Crippen molar-refractivity contribution in [2.45, 2.75) is 44.7 Å². The lowest BCUT2D eigenvalue weighted by atomic mass is 9.99. The number of benzene rings is 1. The number of fused-ring (bicyclic) bond motifs is 1. The van der Waals surface area contributed by atoms with Crippen molar-refractivity contribution in [1.29, 1.82) is 0 Å². The monoisotopic (exact) mass is 325 g/mol. The van der Waals surface area contributed by atoms with Crippen LogP contribution in [0.5, 0.6) is 0 Å². The third-order valence-electron chi connectivity index (χ3n) is 5.16. The lowest BCUT2D eigenvalue weighted by molar-refractivity contribution is 0.0909. The molecule has 2 saturated heterocycles. The van der Waals surface area contributed by atoms with Crippen molar-refractivity contribution >= 4 is 5.91 Å². The van der Waals surface area contributed by atoms with E-state index in [4.69, 9.17) is 0 Å². The Balaban J connectivity index is 1.50. The van der Waals surface area contributed by atoms with Gasteiger partial charge in [0.25, 0.3) is 5.91 Å². The summed E-state index contributed by atoms with van der Waals surface area (Å²) in [6.45, 7) is 4.09. The van der Waals surface area contributed by atoms with Gasteiger partial charge in [-0.3, -0.25) is 9.69 Å². The van der Waals surface area contributed by atoms with E-state index < -0.39 is 0 Å². The second-order valence-corrected chi connectivity index (χ2v) is 6.73. The molecule has 6 heteroatoms. The molecule has 2 fully saturated rings. The molecule has 2 atom stereocenters. The third-order valence-corrected chi connectivity index (χ3v) is 5.16. The van der Waals surface area contributed by atoms with Gasteiger partial charge in [-0.2, -0.15) is 9.90 Å². The molecule has 1 amide bonds. The molecule has 1 N–H and O–H groups in total. The highest BCUT2D eigenvalue weighted by molar-refractivity contribution is 5.93. The lowest BCUT2D eigenvalue weighted by Crippen LogP contribution is -2.47. The summed E-state index contributed by atoms with van der Waals surface area (Å²) in [5, 5.41) is 12.0. The number of rotatable bonds is 3. The number of para-hydroxylation sites is 1. The van der Waals surface area contributed by atoms with Crippen LogP contribution in [0.15, 0.2) is 30.3 Å². The summed E-state index contributed by atoms with van der Waals surface area (Å²) in [7, 11) is 0. The van der Waals surface area contributed by atoms with Gasteiger partial charge < -0.3 is 5.32 Å². The molecule has 1 aromatic heterocycles. The Kier molecular flexibility index (Phi) is 4.06. The van der Waals surface area contributed by atoms with E-state index in [9.17, 15) is 4.79 Å². The Hall–Kier alpha value is -2.21. The molecule has 0 radical (unpaired) electrons. The van der Waals surface area contributed by atoms with Crippen molar-refractivity contribution in [2.75, 3.05) is 13.1 Å². The van der Waals surface area contributed by atoms with Gasteiger partial charge >= 0.3 is 0 Å². The Morgan fingerprint density at radius 1 is 1.12 bits per heavy atom. The first-order valence-electron chi connectivity index (χ1n) is 8.76. The van der Waals surface area contributed by atoms with Gasteiger partial charge in [-0.25, -0.2) is 0 Å². The molecular weight excluding hydrogens is 302 g/mol. The van der Waals surface area contributed by atoms with Crippen LogP contribution in [0.3, 0.4) is 0 Å².